The molecule has 0 aliphatic heterocycles. The molecule has 0 saturated carbocycles. The Morgan fingerprint density at radius 2 is 1.95 bits per heavy atom. The van der Waals surface area contributed by atoms with E-state index < -0.39 is 0 Å². The molecule has 0 unspecified atom stereocenters. The van der Waals surface area contributed by atoms with Crippen molar-refractivity contribution < 1.29 is 4.39 Å². The summed E-state index contributed by atoms with van der Waals surface area (Å²) in [5.41, 5.74) is 2.17. The van der Waals surface area contributed by atoms with E-state index in [9.17, 15) is 9.18 Å². The Balaban J connectivity index is 2.33. The standard InChI is InChI=1S/C17H16FNOS/c1-10(2)19-7-11(3)16(20)13(8-19)14-9-21-17-12(14)5-4-6-15(17)18/h4-10H,1-3H3. The van der Waals surface area contributed by atoms with Crippen molar-refractivity contribution >= 4 is 21.4 Å². The van der Waals surface area contributed by atoms with Crippen molar-refractivity contribution in [2.75, 3.05) is 0 Å². The lowest BCUT2D eigenvalue weighted by Gasteiger charge is -2.13. The van der Waals surface area contributed by atoms with Gasteiger partial charge in [0.25, 0.3) is 0 Å². The van der Waals surface area contributed by atoms with Crippen molar-refractivity contribution in [3.8, 4) is 11.1 Å². The minimum Gasteiger partial charge on any atom is -0.351 e. The first-order valence-electron chi connectivity index (χ1n) is 6.87. The molecule has 2 heterocycles. The fourth-order valence-electron chi connectivity index (χ4n) is 2.46. The molecule has 0 amide bonds. The molecule has 2 aromatic heterocycles. The van der Waals surface area contributed by atoms with Crippen LogP contribution in [0, 0.1) is 12.7 Å². The molecule has 0 radical (unpaired) electrons. The van der Waals surface area contributed by atoms with Gasteiger partial charge >= 0.3 is 0 Å². The number of thiophene rings is 1. The van der Waals surface area contributed by atoms with Crippen molar-refractivity contribution in [3.63, 3.8) is 0 Å². The van der Waals surface area contributed by atoms with Crippen molar-refractivity contribution in [1.29, 1.82) is 0 Å². The van der Waals surface area contributed by atoms with Crippen molar-refractivity contribution in [2.24, 2.45) is 0 Å². The lowest BCUT2D eigenvalue weighted by atomic mass is 10.0. The molecule has 0 bridgehead atoms. The number of rotatable bonds is 2. The highest BCUT2D eigenvalue weighted by atomic mass is 32.1. The topological polar surface area (TPSA) is 22.0 Å². The molecule has 0 spiro atoms. The Morgan fingerprint density at radius 3 is 2.67 bits per heavy atom. The summed E-state index contributed by atoms with van der Waals surface area (Å²) in [6.45, 7) is 5.96. The van der Waals surface area contributed by atoms with Crippen LogP contribution in [0.5, 0.6) is 0 Å². The summed E-state index contributed by atoms with van der Waals surface area (Å²) in [6.07, 6.45) is 3.73. The third-order valence-corrected chi connectivity index (χ3v) is 4.67. The van der Waals surface area contributed by atoms with E-state index >= 15 is 0 Å². The van der Waals surface area contributed by atoms with E-state index in [0.717, 1.165) is 10.9 Å². The van der Waals surface area contributed by atoms with Crippen molar-refractivity contribution in [2.45, 2.75) is 26.8 Å². The molecule has 3 aromatic rings. The van der Waals surface area contributed by atoms with Crippen LogP contribution in [0.3, 0.4) is 0 Å². The highest BCUT2D eigenvalue weighted by molar-refractivity contribution is 7.17. The highest BCUT2D eigenvalue weighted by Gasteiger charge is 2.14. The summed E-state index contributed by atoms with van der Waals surface area (Å²) >= 11 is 1.34. The predicted octanol–water partition coefficient (Wildman–Crippen LogP) is 4.76. The van der Waals surface area contributed by atoms with E-state index in [-0.39, 0.29) is 17.3 Å². The summed E-state index contributed by atoms with van der Waals surface area (Å²) < 4.78 is 16.5. The number of hydrogen-bond acceptors (Lipinski definition) is 2. The summed E-state index contributed by atoms with van der Waals surface area (Å²) in [7, 11) is 0. The Labute approximate surface area is 126 Å². The van der Waals surface area contributed by atoms with Gasteiger partial charge < -0.3 is 4.57 Å². The summed E-state index contributed by atoms with van der Waals surface area (Å²) in [5, 5.41) is 2.67. The number of aromatic nitrogens is 1. The zero-order valence-corrected chi connectivity index (χ0v) is 13.0. The molecule has 21 heavy (non-hydrogen) atoms. The van der Waals surface area contributed by atoms with Crippen LogP contribution in [-0.4, -0.2) is 4.57 Å². The molecular formula is C17H16FNOS. The Morgan fingerprint density at radius 1 is 1.19 bits per heavy atom. The third-order valence-electron chi connectivity index (χ3n) is 3.66. The number of aryl methyl sites for hydroxylation is 1. The molecule has 1 aromatic carbocycles. The van der Waals surface area contributed by atoms with Gasteiger partial charge in [-0.1, -0.05) is 12.1 Å². The maximum atomic E-state index is 13.8. The van der Waals surface area contributed by atoms with Crippen molar-refractivity contribution in [3.05, 3.63) is 57.6 Å². The molecular weight excluding hydrogens is 285 g/mol. The number of nitrogens with zero attached hydrogens (tertiary/aromatic N) is 1. The van der Waals surface area contributed by atoms with Crippen LogP contribution in [0.2, 0.25) is 0 Å². The maximum absolute atomic E-state index is 13.8. The minimum absolute atomic E-state index is 0.0101. The zero-order valence-electron chi connectivity index (χ0n) is 12.2. The van der Waals surface area contributed by atoms with E-state index in [4.69, 9.17) is 0 Å². The van der Waals surface area contributed by atoms with Crippen LogP contribution in [0.1, 0.15) is 25.5 Å². The van der Waals surface area contributed by atoms with Gasteiger partial charge in [-0.15, -0.1) is 11.3 Å². The van der Waals surface area contributed by atoms with Gasteiger partial charge in [0, 0.05) is 45.9 Å². The molecule has 0 aliphatic carbocycles. The average molecular weight is 301 g/mol. The van der Waals surface area contributed by atoms with Gasteiger partial charge in [-0.2, -0.15) is 0 Å². The monoisotopic (exact) mass is 301 g/mol. The second-order valence-corrected chi connectivity index (χ2v) is 6.37. The number of fused-ring (bicyclic) bond motifs is 1. The van der Waals surface area contributed by atoms with Gasteiger partial charge in [-0.05, 0) is 26.8 Å². The molecule has 3 rings (SSSR count). The lowest BCUT2D eigenvalue weighted by Crippen LogP contribution is -2.14. The fourth-order valence-corrected chi connectivity index (χ4v) is 3.44. The van der Waals surface area contributed by atoms with E-state index in [1.165, 1.54) is 17.4 Å². The Bertz CT molecular complexity index is 876. The van der Waals surface area contributed by atoms with Crippen LogP contribution in [-0.2, 0) is 0 Å². The van der Waals surface area contributed by atoms with E-state index in [0.29, 0.717) is 15.8 Å². The molecule has 2 nitrogen and oxygen atoms in total. The van der Waals surface area contributed by atoms with Crippen LogP contribution >= 0.6 is 11.3 Å². The van der Waals surface area contributed by atoms with Gasteiger partial charge in [-0.25, -0.2) is 4.39 Å². The van der Waals surface area contributed by atoms with Gasteiger partial charge in [0.2, 0.25) is 0 Å². The second kappa shape index (κ2) is 5.11. The van der Waals surface area contributed by atoms with Gasteiger partial charge in [0.1, 0.15) is 5.82 Å². The third kappa shape index (κ3) is 2.29. The van der Waals surface area contributed by atoms with Gasteiger partial charge in [0.05, 0.1) is 4.70 Å². The first kappa shape index (κ1) is 14.0. The lowest BCUT2D eigenvalue weighted by molar-refractivity contribution is 0.594. The van der Waals surface area contributed by atoms with E-state index in [2.05, 4.69) is 13.8 Å². The predicted molar refractivity (Wildman–Crippen MR) is 86.6 cm³/mol. The Hall–Kier alpha value is -1.94. The highest BCUT2D eigenvalue weighted by Crippen LogP contribution is 2.34. The minimum atomic E-state index is -0.236. The van der Waals surface area contributed by atoms with Gasteiger partial charge in [-0.3, -0.25) is 4.79 Å². The summed E-state index contributed by atoms with van der Waals surface area (Å²) in [5.74, 6) is -0.236. The molecule has 108 valence electrons. The smallest absolute Gasteiger partial charge is 0.192 e. The first-order valence-corrected chi connectivity index (χ1v) is 7.75. The molecule has 0 fully saturated rings. The quantitative estimate of drug-likeness (QED) is 0.669. The number of hydrogen-bond donors (Lipinski definition) is 0. The van der Waals surface area contributed by atoms with Crippen LogP contribution < -0.4 is 5.43 Å². The molecule has 0 saturated heterocycles. The number of halogens is 1. The fraction of sp³-hybridized carbons (Fsp3) is 0.235. The number of pyridine rings is 1. The maximum Gasteiger partial charge on any atom is 0.192 e. The normalized spacial score (nSPS) is 11.5. The van der Waals surface area contributed by atoms with Crippen LogP contribution in [0.25, 0.3) is 21.2 Å². The average Bonchev–Trinajstić information content (AvgIpc) is 2.87. The molecule has 0 N–H and O–H groups in total. The van der Waals surface area contributed by atoms with Crippen LogP contribution in [0.4, 0.5) is 4.39 Å². The van der Waals surface area contributed by atoms with E-state index in [1.807, 2.05) is 35.3 Å². The van der Waals surface area contributed by atoms with Crippen molar-refractivity contribution in [1.82, 2.24) is 4.57 Å². The summed E-state index contributed by atoms with van der Waals surface area (Å²) in [4.78, 5) is 12.5. The summed E-state index contributed by atoms with van der Waals surface area (Å²) in [6, 6.07) is 5.27. The van der Waals surface area contributed by atoms with E-state index in [1.54, 1.807) is 6.07 Å². The Kier molecular flexibility index (Phi) is 3.41. The SMILES string of the molecule is Cc1cn(C(C)C)cc(-c2csc3c(F)cccc23)c1=O. The van der Waals surface area contributed by atoms with Crippen LogP contribution in [0.15, 0.2) is 40.8 Å². The molecule has 4 heteroatoms. The molecule has 0 atom stereocenters. The largest absolute Gasteiger partial charge is 0.351 e. The first-order chi connectivity index (χ1) is 9.99. The zero-order chi connectivity index (χ0) is 15.1. The molecule has 0 aliphatic rings. The van der Waals surface area contributed by atoms with Gasteiger partial charge in [0.15, 0.2) is 5.43 Å². The number of benzene rings is 1. The second-order valence-electron chi connectivity index (χ2n) is 5.49.